The van der Waals surface area contributed by atoms with Crippen molar-refractivity contribution in [2.24, 2.45) is 0 Å². The number of amides is 1. The first-order chi connectivity index (χ1) is 9.79. The number of hydrogen-bond donors (Lipinski definition) is 1. The number of anilines is 1. The predicted octanol–water partition coefficient (Wildman–Crippen LogP) is 2.59. The number of non-ortho nitro benzene ring substituents is 1. The van der Waals surface area contributed by atoms with Gasteiger partial charge in [-0.3, -0.25) is 14.9 Å². The van der Waals surface area contributed by atoms with Crippen LogP contribution in [0.5, 0.6) is 0 Å². The number of nitro groups is 1. The van der Waals surface area contributed by atoms with E-state index < -0.39 is 10.8 Å². The highest BCUT2D eigenvalue weighted by molar-refractivity contribution is 6.34. The number of nitro benzene ring substituents is 1. The molecule has 0 fully saturated rings. The van der Waals surface area contributed by atoms with E-state index in [1.807, 2.05) is 6.07 Å². The van der Waals surface area contributed by atoms with Gasteiger partial charge in [0, 0.05) is 24.7 Å². The highest BCUT2D eigenvalue weighted by Crippen LogP contribution is 2.30. The average molecular weight is 311 g/mol. The van der Waals surface area contributed by atoms with Crippen molar-refractivity contribution in [2.75, 3.05) is 12.3 Å². The maximum atomic E-state index is 12.5. The van der Waals surface area contributed by atoms with Crippen molar-refractivity contribution < 1.29 is 9.72 Å². The molecule has 0 aliphatic heterocycles. The molecule has 112 valence electrons. The lowest BCUT2D eigenvalue weighted by Gasteiger charge is -2.26. The van der Waals surface area contributed by atoms with E-state index in [-0.39, 0.29) is 41.0 Å². The van der Waals surface area contributed by atoms with Crippen LogP contribution in [0.2, 0.25) is 5.02 Å². The third kappa shape index (κ3) is 3.83. The predicted molar refractivity (Wildman–Crippen MR) is 78.9 cm³/mol. The first-order valence-electron chi connectivity index (χ1n) is 6.21. The van der Waals surface area contributed by atoms with Gasteiger partial charge >= 0.3 is 0 Å². The molecule has 0 unspecified atom stereocenters. The monoisotopic (exact) mass is 310 g/mol. The number of carbonyl (C=O) groups excluding carboxylic acids is 1. The molecule has 0 aliphatic carbocycles. The summed E-state index contributed by atoms with van der Waals surface area (Å²) in [5.41, 5.74) is 5.42. The third-order valence-corrected chi connectivity index (χ3v) is 3.22. The summed E-state index contributed by atoms with van der Waals surface area (Å²) in [7, 11) is 0. The Bertz CT molecular complexity index is 610. The summed E-state index contributed by atoms with van der Waals surface area (Å²) >= 11 is 5.84. The molecule has 0 heterocycles. The van der Waals surface area contributed by atoms with E-state index in [9.17, 15) is 14.9 Å². The number of benzene rings is 1. The summed E-state index contributed by atoms with van der Waals surface area (Å²) in [5.74, 6) is -0.483. The van der Waals surface area contributed by atoms with E-state index in [2.05, 4.69) is 0 Å². The number of rotatable bonds is 5. The Hall–Kier alpha value is -2.33. The van der Waals surface area contributed by atoms with Crippen LogP contribution >= 0.6 is 11.6 Å². The smallest absolute Gasteiger partial charge is 0.271 e. The fourth-order valence-corrected chi connectivity index (χ4v) is 2.02. The lowest BCUT2D eigenvalue weighted by atomic mass is 10.1. The standard InChI is InChI=1S/C13H15ClN4O3/c1-8(2)17(5-3-4-15)13(19)10-6-9(18(20)21)7-11(14)12(10)16/h6-8H,3,5,16H2,1-2H3. The van der Waals surface area contributed by atoms with Gasteiger partial charge in [-0.25, -0.2) is 0 Å². The molecule has 1 aromatic rings. The summed E-state index contributed by atoms with van der Waals surface area (Å²) in [6, 6.07) is 3.98. The molecule has 0 radical (unpaired) electrons. The van der Waals surface area contributed by atoms with Crippen LogP contribution in [-0.2, 0) is 0 Å². The molecule has 0 aromatic heterocycles. The van der Waals surface area contributed by atoms with Gasteiger partial charge in [0.05, 0.1) is 33.7 Å². The first-order valence-corrected chi connectivity index (χ1v) is 6.58. The largest absolute Gasteiger partial charge is 0.397 e. The molecular formula is C13H15ClN4O3. The van der Waals surface area contributed by atoms with Gasteiger partial charge in [-0.1, -0.05) is 11.6 Å². The summed E-state index contributed by atoms with van der Waals surface area (Å²) in [5, 5.41) is 19.5. The first kappa shape index (κ1) is 16.7. The molecule has 0 spiro atoms. The van der Waals surface area contributed by atoms with Crippen LogP contribution in [0, 0.1) is 21.4 Å². The van der Waals surface area contributed by atoms with Crippen molar-refractivity contribution in [3.05, 3.63) is 32.8 Å². The van der Waals surface area contributed by atoms with Crippen molar-refractivity contribution in [2.45, 2.75) is 26.3 Å². The van der Waals surface area contributed by atoms with Crippen LogP contribution in [0.25, 0.3) is 0 Å². The molecule has 21 heavy (non-hydrogen) atoms. The minimum absolute atomic E-state index is 0.00475. The number of nitrogen functional groups attached to an aromatic ring is 1. The average Bonchev–Trinajstić information content (AvgIpc) is 2.41. The Kier molecular flexibility index (Phi) is 5.50. The third-order valence-electron chi connectivity index (χ3n) is 2.90. The number of carbonyl (C=O) groups is 1. The maximum absolute atomic E-state index is 12.5. The maximum Gasteiger partial charge on any atom is 0.271 e. The molecule has 0 saturated carbocycles. The van der Waals surface area contributed by atoms with E-state index in [1.54, 1.807) is 13.8 Å². The van der Waals surface area contributed by atoms with Gasteiger partial charge in [0.1, 0.15) is 0 Å². The second-order valence-electron chi connectivity index (χ2n) is 4.65. The van der Waals surface area contributed by atoms with Crippen molar-refractivity contribution >= 4 is 28.9 Å². The molecular weight excluding hydrogens is 296 g/mol. The Morgan fingerprint density at radius 3 is 2.67 bits per heavy atom. The van der Waals surface area contributed by atoms with Crippen molar-refractivity contribution in [3.8, 4) is 6.07 Å². The molecule has 0 saturated heterocycles. The molecule has 7 nitrogen and oxygen atoms in total. The zero-order valence-electron chi connectivity index (χ0n) is 11.7. The minimum atomic E-state index is -0.642. The summed E-state index contributed by atoms with van der Waals surface area (Å²) in [6.45, 7) is 3.78. The van der Waals surface area contributed by atoms with E-state index in [0.717, 1.165) is 12.1 Å². The highest BCUT2D eigenvalue weighted by atomic mass is 35.5. The molecule has 1 amide bonds. The van der Waals surface area contributed by atoms with E-state index >= 15 is 0 Å². The number of nitrogens with zero attached hydrogens (tertiary/aromatic N) is 3. The van der Waals surface area contributed by atoms with Crippen LogP contribution < -0.4 is 5.73 Å². The van der Waals surface area contributed by atoms with Crippen LogP contribution in [0.4, 0.5) is 11.4 Å². The molecule has 0 aliphatic rings. The SMILES string of the molecule is CC(C)N(CCC#N)C(=O)c1cc([N+](=O)[O-])cc(Cl)c1N. The second kappa shape index (κ2) is 6.90. The topological polar surface area (TPSA) is 113 Å². The van der Waals surface area contributed by atoms with Gasteiger partial charge in [-0.05, 0) is 13.8 Å². The lowest BCUT2D eigenvalue weighted by Crippen LogP contribution is -2.38. The zero-order chi connectivity index (χ0) is 16.2. The fourth-order valence-electron chi connectivity index (χ4n) is 1.81. The zero-order valence-corrected chi connectivity index (χ0v) is 12.4. The van der Waals surface area contributed by atoms with Gasteiger partial charge in [0.25, 0.3) is 11.6 Å². The molecule has 2 N–H and O–H groups in total. The van der Waals surface area contributed by atoms with Crippen molar-refractivity contribution in [1.82, 2.24) is 4.90 Å². The molecule has 0 atom stereocenters. The van der Waals surface area contributed by atoms with Gasteiger partial charge < -0.3 is 10.6 Å². The molecule has 0 bridgehead atoms. The number of hydrogen-bond acceptors (Lipinski definition) is 5. The fraction of sp³-hybridized carbons (Fsp3) is 0.385. The van der Waals surface area contributed by atoms with Gasteiger partial charge in [-0.15, -0.1) is 0 Å². The van der Waals surface area contributed by atoms with Gasteiger partial charge in [0.2, 0.25) is 0 Å². The minimum Gasteiger partial charge on any atom is -0.397 e. The van der Waals surface area contributed by atoms with Crippen molar-refractivity contribution in [3.63, 3.8) is 0 Å². The van der Waals surface area contributed by atoms with E-state index in [0.29, 0.717) is 0 Å². The van der Waals surface area contributed by atoms with E-state index in [4.69, 9.17) is 22.6 Å². The lowest BCUT2D eigenvalue weighted by molar-refractivity contribution is -0.384. The van der Waals surface area contributed by atoms with Crippen LogP contribution in [0.1, 0.15) is 30.6 Å². The summed E-state index contributed by atoms with van der Waals surface area (Å²) in [4.78, 5) is 24.1. The Morgan fingerprint density at radius 2 is 2.19 bits per heavy atom. The van der Waals surface area contributed by atoms with Crippen molar-refractivity contribution in [1.29, 1.82) is 5.26 Å². The number of nitrogens with two attached hydrogens (primary N) is 1. The normalized spacial score (nSPS) is 10.2. The van der Waals surface area contributed by atoms with E-state index in [1.165, 1.54) is 4.90 Å². The van der Waals surface area contributed by atoms with Crippen LogP contribution in [0.3, 0.4) is 0 Å². The summed E-state index contributed by atoms with van der Waals surface area (Å²) in [6.07, 6.45) is 0.159. The molecule has 8 heteroatoms. The highest BCUT2D eigenvalue weighted by Gasteiger charge is 2.24. The number of halogens is 1. The van der Waals surface area contributed by atoms with Crippen LogP contribution in [0.15, 0.2) is 12.1 Å². The second-order valence-corrected chi connectivity index (χ2v) is 5.05. The Balaban J connectivity index is 3.27. The van der Waals surface area contributed by atoms with Gasteiger partial charge in [0.15, 0.2) is 0 Å². The Morgan fingerprint density at radius 1 is 1.57 bits per heavy atom. The Labute approximate surface area is 127 Å². The quantitative estimate of drug-likeness (QED) is 0.510. The van der Waals surface area contributed by atoms with Crippen LogP contribution in [-0.4, -0.2) is 28.3 Å². The molecule has 1 rings (SSSR count). The molecule has 1 aromatic carbocycles. The summed E-state index contributed by atoms with van der Waals surface area (Å²) < 4.78 is 0. The number of nitriles is 1. The van der Waals surface area contributed by atoms with Gasteiger partial charge in [-0.2, -0.15) is 5.26 Å².